The zero-order valence-corrected chi connectivity index (χ0v) is 20.6. The summed E-state index contributed by atoms with van der Waals surface area (Å²) in [6, 6.07) is 10.5. The van der Waals surface area contributed by atoms with Gasteiger partial charge in [-0.15, -0.1) is 0 Å². The Bertz CT molecular complexity index is 1250. The van der Waals surface area contributed by atoms with Gasteiger partial charge in [0, 0.05) is 30.1 Å². The van der Waals surface area contributed by atoms with Crippen LogP contribution in [0.3, 0.4) is 0 Å². The van der Waals surface area contributed by atoms with Gasteiger partial charge < -0.3 is 15.4 Å². The van der Waals surface area contributed by atoms with Gasteiger partial charge in [0.05, 0.1) is 6.54 Å². The number of cyclic esters (lactones) is 1. The van der Waals surface area contributed by atoms with E-state index in [1.165, 1.54) is 38.5 Å². The van der Waals surface area contributed by atoms with Crippen LogP contribution in [0.25, 0.3) is 6.08 Å². The van der Waals surface area contributed by atoms with E-state index >= 15 is 0 Å². The van der Waals surface area contributed by atoms with Gasteiger partial charge in [0.25, 0.3) is 0 Å². The van der Waals surface area contributed by atoms with Gasteiger partial charge in [0.15, 0.2) is 5.70 Å². The normalized spacial score (nSPS) is 28.6. The van der Waals surface area contributed by atoms with Crippen molar-refractivity contribution in [2.24, 2.45) is 28.2 Å². The first-order valence-corrected chi connectivity index (χ1v) is 13.0. The van der Waals surface area contributed by atoms with Gasteiger partial charge in [-0.3, -0.25) is 14.6 Å². The number of hydrogen-bond acceptors (Lipinski definition) is 6. The van der Waals surface area contributed by atoms with Crippen LogP contribution in [-0.4, -0.2) is 35.2 Å². The van der Waals surface area contributed by atoms with Gasteiger partial charge in [0.2, 0.25) is 17.7 Å². The summed E-state index contributed by atoms with van der Waals surface area (Å²) in [5.41, 5.74) is 2.31. The molecule has 4 saturated carbocycles. The number of pyridine rings is 1. The van der Waals surface area contributed by atoms with Crippen molar-refractivity contribution < 1.29 is 19.1 Å². The summed E-state index contributed by atoms with van der Waals surface area (Å²) in [4.78, 5) is 45.6. The Kier molecular flexibility index (Phi) is 6.10. The second-order valence-electron chi connectivity index (χ2n) is 11.1. The van der Waals surface area contributed by atoms with Crippen molar-refractivity contribution in [1.29, 1.82) is 0 Å². The molecule has 1 aromatic carbocycles. The maximum atomic E-state index is 12.7. The van der Waals surface area contributed by atoms with Crippen molar-refractivity contribution in [2.45, 2.75) is 44.9 Å². The number of nitrogens with one attached hydrogen (secondary N) is 2. The number of amides is 2. The van der Waals surface area contributed by atoms with Gasteiger partial charge in [-0.05, 0) is 104 Å². The molecule has 2 N–H and O–H groups in total. The Labute approximate surface area is 215 Å². The molecule has 4 bridgehead atoms. The van der Waals surface area contributed by atoms with Crippen molar-refractivity contribution in [3.63, 3.8) is 0 Å². The summed E-state index contributed by atoms with van der Waals surface area (Å²) in [6.07, 6.45) is 13.0. The SMILES string of the molecule is O=C(CC12CC3CC(CC(C3)C1)C2)NCC(=O)Nc1ccc(C2=N/C(=C\c3cccnc3)C(=O)O2)cc1. The molecule has 190 valence electrons. The van der Waals surface area contributed by atoms with E-state index in [1.807, 2.05) is 6.07 Å². The molecule has 1 aliphatic heterocycles. The van der Waals surface area contributed by atoms with Gasteiger partial charge in [-0.25, -0.2) is 9.79 Å². The summed E-state index contributed by atoms with van der Waals surface area (Å²) in [5.74, 6) is 1.77. The molecule has 2 amide bonds. The fraction of sp³-hybridized carbons (Fsp3) is 0.414. The van der Waals surface area contributed by atoms with Crippen LogP contribution >= 0.6 is 0 Å². The standard InChI is InChI=1S/C29H30N4O4/c34-25(15-29-12-19-8-20(13-29)10-21(9-19)14-29)31-17-26(35)32-23-5-3-22(4-6-23)27-33-24(28(36)37-27)11-18-2-1-7-30-16-18/h1-7,11,16,19-21H,8-10,12-15,17H2,(H,31,34)(H,32,35)/b24-11-. The van der Waals surface area contributed by atoms with E-state index in [9.17, 15) is 14.4 Å². The van der Waals surface area contributed by atoms with Crippen LogP contribution in [-0.2, 0) is 19.1 Å². The zero-order chi connectivity index (χ0) is 25.4. The number of aromatic nitrogens is 1. The van der Waals surface area contributed by atoms with Crippen LogP contribution in [0.1, 0.15) is 56.1 Å². The minimum atomic E-state index is -0.527. The molecule has 5 aliphatic rings. The molecule has 0 atom stereocenters. The lowest BCUT2D eigenvalue weighted by Crippen LogP contribution is -2.48. The lowest BCUT2D eigenvalue weighted by Gasteiger charge is -2.56. The number of hydrogen-bond donors (Lipinski definition) is 2. The summed E-state index contributed by atoms with van der Waals surface area (Å²) in [6.45, 7) is -0.0558. The monoisotopic (exact) mass is 498 g/mol. The van der Waals surface area contributed by atoms with E-state index < -0.39 is 5.97 Å². The van der Waals surface area contributed by atoms with E-state index in [0.29, 0.717) is 17.7 Å². The topological polar surface area (TPSA) is 110 Å². The van der Waals surface area contributed by atoms with Crippen LogP contribution in [0.4, 0.5) is 5.69 Å². The molecule has 4 fully saturated rings. The average molecular weight is 499 g/mol. The molecule has 7 rings (SSSR count). The first kappa shape index (κ1) is 23.6. The van der Waals surface area contributed by atoms with Crippen molar-refractivity contribution in [2.75, 3.05) is 11.9 Å². The molecule has 1 aromatic heterocycles. The van der Waals surface area contributed by atoms with Crippen LogP contribution in [0, 0.1) is 23.2 Å². The molecule has 0 spiro atoms. The Morgan fingerprint density at radius 1 is 1.00 bits per heavy atom. The molecule has 0 radical (unpaired) electrons. The van der Waals surface area contributed by atoms with E-state index in [2.05, 4.69) is 20.6 Å². The largest absolute Gasteiger partial charge is 0.402 e. The second-order valence-corrected chi connectivity index (χ2v) is 11.1. The summed E-state index contributed by atoms with van der Waals surface area (Å²) in [5, 5.41) is 5.63. The number of benzene rings is 1. The highest BCUT2D eigenvalue weighted by atomic mass is 16.6. The van der Waals surface area contributed by atoms with E-state index in [4.69, 9.17) is 4.74 Å². The third-order valence-corrected chi connectivity index (χ3v) is 8.17. The molecule has 4 aliphatic carbocycles. The molecule has 0 saturated heterocycles. The molecule has 8 nitrogen and oxygen atoms in total. The number of carbonyl (C=O) groups is 3. The first-order chi connectivity index (χ1) is 17.9. The Morgan fingerprint density at radius 3 is 2.35 bits per heavy atom. The second kappa shape index (κ2) is 9.57. The summed E-state index contributed by atoms with van der Waals surface area (Å²) in [7, 11) is 0. The summed E-state index contributed by atoms with van der Waals surface area (Å²) >= 11 is 0. The van der Waals surface area contributed by atoms with Crippen molar-refractivity contribution in [1.82, 2.24) is 10.3 Å². The van der Waals surface area contributed by atoms with E-state index in [1.54, 1.807) is 48.8 Å². The molecule has 8 heteroatoms. The molecule has 0 unspecified atom stereocenters. The minimum Gasteiger partial charge on any atom is -0.402 e. The fourth-order valence-corrected chi connectivity index (χ4v) is 7.14. The molecular formula is C29H30N4O4. The molecule has 2 aromatic rings. The number of esters is 1. The predicted molar refractivity (Wildman–Crippen MR) is 138 cm³/mol. The molecule has 2 heterocycles. The summed E-state index contributed by atoms with van der Waals surface area (Å²) < 4.78 is 5.31. The Hall–Kier alpha value is -3.81. The number of nitrogens with zero attached hydrogens (tertiary/aromatic N) is 2. The highest BCUT2D eigenvalue weighted by Crippen LogP contribution is 2.61. The number of ether oxygens (including phenoxy) is 1. The predicted octanol–water partition coefficient (Wildman–Crippen LogP) is 4.09. The zero-order valence-electron chi connectivity index (χ0n) is 20.6. The van der Waals surface area contributed by atoms with Crippen LogP contribution < -0.4 is 10.6 Å². The number of anilines is 1. The fourth-order valence-electron chi connectivity index (χ4n) is 7.14. The third kappa shape index (κ3) is 5.19. The van der Waals surface area contributed by atoms with Crippen LogP contribution in [0.15, 0.2) is 59.5 Å². The first-order valence-electron chi connectivity index (χ1n) is 13.0. The van der Waals surface area contributed by atoms with Gasteiger partial charge in [-0.2, -0.15) is 0 Å². The Morgan fingerprint density at radius 2 is 1.70 bits per heavy atom. The average Bonchev–Trinajstić information content (AvgIpc) is 3.22. The molecular weight excluding hydrogens is 468 g/mol. The highest BCUT2D eigenvalue weighted by Gasteiger charge is 2.51. The van der Waals surface area contributed by atoms with Gasteiger partial charge >= 0.3 is 5.97 Å². The minimum absolute atomic E-state index is 0.0244. The highest BCUT2D eigenvalue weighted by molar-refractivity contribution is 6.13. The van der Waals surface area contributed by atoms with E-state index in [-0.39, 0.29) is 35.4 Å². The third-order valence-electron chi connectivity index (χ3n) is 8.17. The Balaban J connectivity index is 1.01. The van der Waals surface area contributed by atoms with Crippen LogP contribution in [0.2, 0.25) is 0 Å². The maximum absolute atomic E-state index is 12.7. The number of aliphatic imine (C=N–C) groups is 1. The smallest absolute Gasteiger partial charge is 0.363 e. The van der Waals surface area contributed by atoms with Gasteiger partial charge in [-0.1, -0.05) is 6.07 Å². The quantitative estimate of drug-likeness (QED) is 0.441. The van der Waals surface area contributed by atoms with Gasteiger partial charge in [0.1, 0.15) is 0 Å². The van der Waals surface area contributed by atoms with Crippen molar-refractivity contribution in [3.8, 4) is 0 Å². The molecule has 37 heavy (non-hydrogen) atoms. The lowest BCUT2D eigenvalue weighted by molar-refractivity contribution is -0.131. The maximum Gasteiger partial charge on any atom is 0.363 e. The number of rotatable bonds is 7. The lowest BCUT2D eigenvalue weighted by atomic mass is 9.49. The van der Waals surface area contributed by atoms with Crippen LogP contribution in [0.5, 0.6) is 0 Å². The van der Waals surface area contributed by atoms with Crippen molar-refractivity contribution in [3.05, 3.63) is 65.6 Å². The van der Waals surface area contributed by atoms with Crippen molar-refractivity contribution >= 4 is 35.4 Å². The number of carbonyl (C=O) groups excluding carboxylic acids is 3. The van der Waals surface area contributed by atoms with E-state index in [0.717, 1.165) is 23.3 Å².